The highest BCUT2D eigenvalue weighted by Gasteiger charge is 2.32. The van der Waals surface area contributed by atoms with Crippen molar-refractivity contribution in [1.82, 2.24) is 20.1 Å². The number of aromatic nitrogens is 3. The molecule has 1 atom stereocenters. The predicted molar refractivity (Wildman–Crippen MR) is 174 cm³/mol. The van der Waals surface area contributed by atoms with E-state index in [1.54, 1.807) is 23.5 Å². The Labute approximate surface area is 265 Å². The number of nitrogens with one attached hydrogen (secondary N) is 2. The van der Waals surface area contributed by atoms with Crippen molar-refractivity contribution < 1.29 is 9.59 Å². The summed E-state index contributed by atoms with van der Waals surface area (Å²) in [6.07, 6.45) is 0.171. The third-order valence-electron chi connectivity index (χ3n) is 6.91. The molecule has 0 spiro atoms. The molecule has 4 aromatic rings. The van der Waals surface area contributed by atoms with Gasteiger partial charge in [0.2, 0.25) is 11.8 Å². The van der Waals surface area contributed by atoms with Crippen LogP contribution in [-0.4, -0.2) is 45.4 Å². The molecule has 4 N–H and O–H groups in total. The first-order chi connectivity index (χ1) is 20.2. The van der Waals surface area contributed by atoms with Crippen LogP contribution in [0.2, 0.25) is 5.02 Å². The number of hydrogen-bond donors (Lipinski definition) is 3. The Bertz CT molecular complexity index is 1730. The molecule has 1 aliphatic heterocycles. The molecule has 0 bridgehead atoms. The largest absolute Gasteiger partial charge is 0.356 e. The molecule has 0 fully saturated rings. The van der Waals surface area contributed by atoms with Gasteiger partial charge in [0.1, 0.15) is 16.9 Å². The molecule has 0 radical (unpaired) electrons. The molecular weight excluding hydrogens is 605 g/mol. The van der Waals surface area contributed by atoms with Gasteiger partial charge in [0.15, 0.2) is 5.82 Å². The Kier molecular flexibility index (Phi) is 10.4. The number of carbonyl (C=O) groups excluding carboxylic acids is 2. The second-order valence-electron chi connectivity index (χ2n) is 9.84. The second-order valence-corrected chi connectivity index (χ2v) is 11.5. The van der Waals surface area contributed by atoms with Gasteiger partial charge in [0, 0.05) is 45.2 Å². The molecule has 1 unspecified atom stereocenters. The van der Waals surface area contributed by atoms with Gasteiger partial charge < -0.3 is 16.4 Å². The number of thiophene rings is 1. The first-order valence-electron chi connectivity index (χ1n) is 13.5. The third-order valence-corrected chi connectivity index (χ3v) is 8.36. The summed E-state index contributed by atoms with van der Waals surface area (Å²) in [5, 5.41) is 16.1. The van der Waals surface area contributed by atoms with Crippen molar-refractivity contribution in [2.75, 3.05) is 18.4 Å². The lowest BCUT2D eigenvalue weighted by atomic mass is 9.99. The number of hydrogen-bond acceptors (Lipinski definition) is 7. The molecule has 0 saturated carbocycles. The van der Waals surface area contributed by atoms with E-state index in [2.05, 4.69) is 46.5 Å². The van der Waals surface area contributed by atoms with Crippen molar-refractivity contribution in [2.45, 2.75) is 39.7 Å². The summed E-state index contributed by atoms with van der Waals surface area (Å²) in [6, 6.07) is 14.1. The highest BCUT2D eigenvalue weighted by Crippen LogP contribution is 2.39. The molecule has 2 amide bonds. The zero-order valence-corrected chi connectivity index (χ0v) is 26.3. The molecular formula is C31H31Cl2N7O2S. The van der Waals surface area contributed by atoms with Crippen molar-refractivity contribution in [3.8, 4) is 16.8 Å². The number of aliphatic imine (C=N–C) groups is 1. The van der Waals surface area contributed by atoms with E-state index in [-0.39, 0.29) is 50.2 Å². The van der Waals surface area contributed by atoms with Gasteiger partial charge in [-0.05, 0) is 62.7 Å². The molecule has 0 aliphatic carbocycles. The molecule has 2 aromatic carbocycles. The zero-order chi connectivity index (χ0) is 29.8. The third kappa shape index (κ3) is 7.14. The van der Waals surface area contributed by atoms with E-state index in [9.17, 15) is 9.59 Å². The van der Waals surface area contributed by atoms with Crippen LogP contribution in [0.25, 0.3) is 5.00 Å². The maximum absolute atomic E-state index is 13.1. The fourth-order valence-corrected chi connectivity index (χ4v) is 6.05. The first kappa shape index (κ1) is 31.9. The van der Waals surface area contributed by atoms with Crippen LogP contribution in [0.4, 0.5) is 5.69 Å². The molecule has 5 rings (SSSR count). The average Bonchev–Trinajstić information content (AvgIpc) is 3.45. The number of anilines is 1. The Balaban J connectivity index is 0.00000423. The Morgan fingerprint density at radius 2 is 1.77 bits per heavy atom. The normalized spacial score (nSPS) is 13.3. The van der Waals surface area contributed by atoms with Crippen molar-refractivity contribution in [3.63, 3.8) is 0 Å². The predicted octanol–water partition coefficient (Wildman–Crippen LogP) is 5.07. The van der Waals surface area contributed by atoms with E-state index in [1.807, 2.05) is 47.9 Å². The molecule has 0 saturated heterocycles. The fraction of sp³-hybridized carbons (Fsp3) is 0.258. The molecule has 1 aliphatic rings. The summed E-state index contributed by atoms with van der Waals surface area (Å²) in [4.78, 5) is 31.9. The van der Waals surface area contributed by atoms with Gasteiger partial charge in [-0.25, -0.2) is 0 Å². The second kappa shape index (κ2) is 14.0. The summed E-state index contributed by atoms with van der Waals surface area (Å²) in [7, 11) is 0. The maximum atomic E-state index is 13.1. The van der Waals surface area contributed by atoms with Crippen LogP contribution in [0.5, 0.6) is 0 Å². The van der Waals surface area contributed by atoms with Crippen LogP contribution in [0.1, 0.15) is 57.7 Å². The molecule has 12 heteroatoms. The van der Waals surface area contributed by atoms with Gasteiger partial charge in [-0.3, -0.25) is 19.1 Å². The highest BCUT2D eigenvalue weighted by molar-refractivity contribution is 7.15. The lowest BCUT2D eigenvalue weighted by molar-refractivity contribution is -0.121. The molecule has 9 nitrogen and oxygen atoms in total. The number of carbonyl (C=O) groups is 2. The summed E-state index contributed by atoms with van der Waals surface area (Å²) < 4.78 is 2.00. The minimum Gasteiger partial charge on any atom is -0.356 e. The summed E-state index contributed by atoms with van der Waals surface area (Å²) in [5.41, 5.74) is 10.7. The van der Waals surface area contributed by atoms with Crippen LogP contribution in [-0.2, 0) is 9.59 Å². The number of aryl methyl sites for hydroxylation is 2. The topological polar surface area (TPSA) is 127 Å². The fourth-order valence-electron chi connectivity index (χ4n) is 4.71. The summed E-state index contributed by atoms with van der Waals surface area (Å²) in [6.45, 7) is 6.53. The number of nitrogens with two attached hydrogens (primary N) is 1. The van der Waals surface area contributed by atoms with Gasteiger partial charge in [-0.15, -0.1) is 33.9 Å². The van der Waals surface area contributed by atoms with E-state index >= 15 is 0 Å². The minimum absolute atomic E-state index is 0. The Hall–Kier alpha value is -4.01. The lowest BCUT2D eigenvalue weighted by Crippen LogP contribution is -2.29. The molecule has 2 aromatic heterocycles. The van der Waals surface area contributed by atoms with E-state index in [4.69, 9.17) is 22.3 Å². The monoisotopic (exact) mass is 635 g/mol. The van der Waals surface area contributed by atoms with Crippen LogP contribution >= 0.6 is 35.3 Å². The van der Waals surface area contributed by atoms with E-state index in [0.29, 0.717) is 16.5 Å². The van der Waals surface area contributed by atoms with Gasteiger partial charge in [-0.2, -0.15) is 0 Å². The van der Waals surface area contributed by atoms with E-state index in [0.717, 1.165) is 38.8 Å². The molecule has 3 heterocycles. The average molecular weight is 637 g/mol. The number of rotatable bonds is 7. The van der Waals surface area contributed by atoms with Crippen LogP contribution in [0, 0.1) is 32.6 Å². The van der Waals surface area contributed by atoms with Crippen molar-refractivity contribution >= 4 is 58.6 Å². The SMILES string of the molecule is Cc1sc2c(c1C)C(c1ccc(Cl)cc1)=NC(CC(=O)NCCC(=O)Nc1ccc(C#CCN)cc1)c1nnc(C)n1-2.Cl. The quantitative estimate of drug-likeness (QED) is 0.244. The van der Waals surface area contributed by atoms with Crippen molar-refractivity contribution in [2.24, 2.45) is 10.7 Å². The van der Waals surface area contributed by atoms with E-state index < -0.39 is 6.04 Å². The number of benzene rings is 2. The van der Waals surface area contributed by atoms with Gasteiger partial charge in [0.25, 0.3) is 0 Å². The van der Waals surface area contributed by atoms with Crippen molar-refractivity contribution in [1.29, 1.82) is 0 Å². The Morgan fingerprint density at radius 3 is 2.47 bits per heavy atom. The number of nitrogens with zero attached hydrogens (tertiary/aromatic N) is 4. The smallest absolute Gasteiger partial charge is 0.226 e. The van der Waals surface area contributed by atoms with Gasteiger partial charge in [0.05, 0.1) is 18.7 Å². The number of amides is 2. The van der Waals surface area contributed by atoms with Gasteiger partial charge >= 0.3 is 0 Å². The van der Waals surface area contributed by atoms with Gasteiger partial charge in [-0.1, -0.05) is 35.6 Å². The minimum atomic E-state index is -0.578. The zero-order valence-electron chi connectivity index (χ0n) is 23.9. The van der Waals surface area contributed by atoms with Crippen LogP contribution in [0.3, 0.4) is 0 Å². The number of halogens is 2. The summed E-state index contributed by atoms with van der Waals surface area (Å²) >= 11 is 7.84. The standard InChI is InChI=1S/C31H30ClN7O2S.ClH/c1-18-19(2)42-31-28(18)29(22-8-10-23(32)11-9-22)36-25(30-38-37-20(3)39(30)31)17-27(41)34-16-14-26(40)35-24-12-6-21(7-13-24)5-4-15-33;/h6-13,25H,14-17,33H2,1-3H3,(H,34,41)(H,35,40);1H. The van der Waals surface area contributed by atoms with Crippen LogP contribution < -0.4 is 16.4 Å². The first-order valence-corrected chi connectivity index (χ1v) is 14.7. The Morgan fingerprint density at radius 1 is 1.05 bits per heavy atom. The summed E-state index contributed by atoms with van der Waals surface area (Å²) in [5.74, 6) is 6.61. The molecule has 43 heavy (non-hydrogen) atoms. The van der Waals surface area contributed by atoms with Crippen molar-refractivity contribution in [3.05, 3.63) is 92.3 Å². The lowest BCUT2D eigenvalue weighted by Gasteiger charge is -2.13. The van der Waals surface area contributed by atoms with Crippen LogP contribution in [0.15, 0.2) is 53.5 Å². The highest BCUT2D eigenvalue weighted by atomic mass is 35.5. The maximum Gasteiger partial charge on any atom is 0.226 e. The molecule has 222 valence electrons. The van der Waals surface area contributed by atoms with E-state index in [1.165, 1.54) is 4.88 Å². The number of fused-ring (bicyclic) bond motifs is 3.